The second-order valence-corrected chi connectivity index (χ2v) is 5.87. The van der Waals surface area contributed by atoms with Crippen LogP contribution in [0.2, 0.25) is 5.02 Å². The van der Waals surface area contributed by atoms with E-state index >= 15 is 0 Å². The van der Waals surface area contributed by atoms with Crippen molar-refractivity contribution < 1.29 is 4.79 Å². The molecule has 4 N–H and O–H groups in total. The molecule has 118 valence electrons. The predicted molar refractivity (Wildman–Crippen MR) is 87.6 cm³/mol. The van der Waals surface area contributed by atoms with Gasteiger partial charge in [0.1, 0.15) is 5.84 Å². The molecule has 22 heavy (non-hydrogen) atoms. The summed E-state index contributed by atoms with van der Waals surface area (Å²) in [7, 11) is 0. The molecule has 2 amide bonds. The monoisotopic (exact) mass is 341 g/mol. The quantitative estimate of drug-likeness (QED) is 0.447. The van der Waals surface area contributed by atoms with Crippen LogP contribution in [0.3, 0.4) is 0 Å². The first kappa shape index (κ1) is 16.6. The smallest absolute Gasteiger partial charge is 0.315 e. The Kier molecular flexibility index (Phi) is 5.26. The predicted octanol–water partition coefficient (Wildman–Crippen LogP) is 2.84. The molecule has 1 aromatic carbocycles. The molecule has 0 radical (unpaired) electrons. The number of nitrogens with two attached hydrogens (primary N) is 1. The molecule has 1 heterocycles. The van der Waals surface area contributed by atoms with Gasteiger partial charge in [0, 0.05) is 11.6 Å². The molecule has 6 nitrogen and oxygen atoms in total. The summed E-state index contributed by atoms with van der Waals surface area (Å²) in [5.74, 6) is 0.103. The van der Waals surface area contributed by atoms with E-state index in [4.69, 9.17) is 39.8 Å². The van der Waals surface area contributed by atoms with Crippen LogP contribution in [0.25, 0.3) is 0 Å². The lowest BCUT2D eigenvalue weighted by Crippen LogP contribution is -2.49. The number of carbonyl (C=O) groups excluding carboxylic acids is 1. The van der Waals surface area contributed by atoms with Crippen molar-refractivity contribution in [1.29, 1.82) is 10.8 Å². The zero-order valence-corrected chi connectivity index (χ0v) is 13.4. The maximum absolute atomic E-state index is 11.4. The van der Waals surface area contributed by atoms with Crippen molar-refractivity contribution in [2.24, 2.45) is 5.73 Å². The highest BCUT2D eigenvalue weighted by Crippen LogP contribution is 2.21. The fraction of sp³-hybridized carbons (Fsp3) is 0.357. The molecule has 0 saturated carbocycles. The number of rotatable bonds is 3. The van der Waals surface area contributed by atoms with Gasteiger partial charge in [0.05, 0.1) is 12.6 Å². The fourth-order valence-corrected chi connectivity index (χ4v) is 2.80. The lowest BCUT2D eigenvalue weighted by molar-refractivity contribution is 0.211. The Bertz CT molecular complexity index is 589. The van der Waals surface area contributed by atoms with Gasteiger partial charge in [0.15, 0.2) is 5.29 Å². The van der Waals surface area contributed by atoms with Gasteiger partial charge in [-0.05, 0) is 42.1 Å². The Morgan fingerprint density at radius 3 is 2.55 bits per heavy atom. The largest absolute Gasteiger partial charge is 0.351 e. The average Bonchev–Trinajstić information content (AvgIpc) is 2.95. The number of amides is 2. The number of urea groups is 1. The van der Waals surface area contributed by atoms with Crippen LogP contribution >= 0.6 is 23.2 Å². The molecule has 0 aromatic heterocycles. The lowest BCUT2D eigenvalue weighted by atomic mass is 10.1. The summed E-state index contributed by atoms with van der Waals surface area (Å²) >= 11 is 11.7. The Labute approximate surface area is 138 Å². The molecule has 1 aliphatic heterocycles. The van der Waals surface area contributed by atoms with E-state index in [0.717, 1.165) is 12.0 Å². The van der Waals surface area contributed by atoms with Crippen molar-refractivity contribution in [2.45, 2.75) is 25.4 Å². The number of nitrogens with one attached hydrogen (secondary N) is 2. The highest BCUT2D eigenvalue weighted by molar-refractivity contribution is 6.64. The van der Waals surface area contributed by atoms with E-state index in [1.54, 1.807) is 12.1 Å². The summed E-state index contributed by atoms with van der Waals surface area (Å²) in [4.78, 5) is 14.2. The van der Waals surface area contributed by atoms with Gasteiger partial charge in [-0.1, -0.05) is 23.7 Å². The van der Waals surface area contributed by atoms with E-state index in [0.29, 0.717) is 18.0 Å². The Balaban J connectivity index is 2.16. The fourth-order valence-electron chi connectivity index (χ4n) is 2.53. The van der Waals surface area contributed by atoms with Gasteiger partial charge in [-0.25, -0.2) is 4.79 Å². The van der Waals surface area contributed by atoms with Crippen LogP contribution in [-0.2, 0) is 6.54 Å². The number of hydrogen-bond donors (Lipinski definition) is 3. The molecule has 1 aliphatic rings. The number of nitrogens with zero attached hydrogens (tertiary/aromatic N) is 2. The Morgan fingerprint density at radius 1 is 1.36 bits per heavy atom. The summed E-state index contributed by atoms with van der Waals surface area (Å²) in [6.07, 6.45) is 1.42. The van der Waals surface area contributed by atoms with Gasteiger partial charge in [-0.2, -0.15) is 0 Å². The van der Waals surface area contributed by atoms with Crippen LogP contribution in [0.5, 0.6) is 0 Å². The summed E-state index contributed by atoms with van der Waals surface area (Å²) in [6.45, 7) is 0.786. The first-order chi connectivity index (χ1) is 10.4. The molecule has 8 heteroatoms. The standard InChI is InChI=1S/C14H17Cl2N5O/c15-10-5-3-9(4-6-10)8-21(13(16)18)12(17)11-2-1-7-20(11)14(19)22/h3-6,11,17-18H,1-2,7-8H2,(H2,19,22)/t11-/m1/s1. The number of amidine groups is 2. The van der Waals surface area contributed by atoms with Crippen LogP contribution in [0, 0.1) is 10.8 Å². The van der Waals surface area contributed by atoms with E-state index in [1.807, 2.05) is 12.1 Å². The third kappa shape index (κ3) is 3.69. The van der Waals surface area contributed by atoms with E-state index in [-0.39, 0.29) is 17.7 Å². The van der Waals surface area contributed by atoms with Crippen LogP contribution < -0.4 is 5.73 Å². The number of hydrogen-bond acceptors (Lipinski definition) is 3. The second kappa shape index (κ2) is 6.98. The summed E-state index contributed by atoms with van der Waals surface area (Å²) in [5, 5.41) is 16.4. The normalized spacial score (nSPS) is 17.4. The molecule has 0 aliphatic carbocycles. The van der Waals surface area contributed by atoms with Crippen LogP contribution in [0.1, 0.15) is 18.4 Å². The molecule has 1 aromatic rings. The van der Waals surface area contributed by atoms with E-state index in [2.05, 4.69) is 0 Å². The summed E-state index contributed by atoms with van der Waals surface area (Å²) in [6, 6.07) is 6.10. The first-order valence-corrected chi connectivity index (χ1v) is 7.56. The van der Waals surface area contributed by atoms with Crippen molar-refractivity contribution >= 4 is 40.4 Å². The van der Waals surface area contributed by atoms with E-state index in [9.17, 15) is 4.79 Å². The maximum atomic E-state index is 11.4. The van der Waals surface area contributed by atoms with Crippen LogP contribution in [-0.4, -0.2) is 39.5 Å². The zero-order valence-electron chi connectivity index (χ0n) is 11.9. The highest BCUT2D eigenvalue weighted by Gasteiger charge is 2.34. The molecule has 2 rings (SSSR count). The van der Waals surface area contributed by atoms with Crippen molar-refractivity contribution in [1.82, 2.24) is 9.80 Å². The number of likely N-dealkylation sites (tertiary alicyclic amines) is 1. The number of halogens is 2. The Morgan fingerprint density at radius 2 is 2.00 bits per heavy atom. The molecule has 0 spiro atoms. The number of benzene rings is 1. The molecule has 1 atom stereocenters. The van der Waals surface area contributed by atoms with Gasteiger partial charge in [0.2, 0.25) is 0 Å². The van der Waals surface area contributed by atoms with Crippen molar-refractivity contribution in [3.05, 3.63) is 34.9 Å². The zero-order chi connectivity index (χ0) is 16.3. The van der Waals surface area contributed by atoms with E-state index in [1.165, 1.54) is 9.80 Å². The minimum absolute atomic E-state index is 0.103. The average molecular weight is 342 g/mol. The molecular formula is C14H17Cl2N5O. The summed E-state index contributed by atoms with van der Waals surface area (Å²) < 4.78 is 0. The molecular weight excluding hydrogens is 325 g/mol. The molecule has 0 unspecified atom stereocenters. The van der Waals surface area contributed by atoms with Crippen molar-refractivity contribution in [2.75, 3.05) is 6.54 Å². The minimum atomic E-state index is -0.556. The van der Waals surface area contributed by atoms with Gasteiger partial charge >= 0.3 is 6.03 Å². The number of carbonyl (C=O) groups is 1. The second-order valence-electron chi connectivity index (χ2n) is 5.08. The molecule has 1 fully saturated rings. The minimum Gasteiger partial charge on any atom is -0.351 e. The SMILES string of the molecule is N=C(Cl)N(Cc1ccc(Cl)cc1)C(=N)[C@H]1CCCN1C(N)=O. The first-order valence-electron chi connectivity index (χ1n) is 6.80. The number of primary amides is 1. The van der Waals surface area contributed by atoms with Gasteiger partial charge in [0.25, 0.3) is 0 Å². The molecule has 0 bridgehead atoms. The van der Waals surface area contributed by atoms with Gasteiger partial charge in [-0.15, -0.1) is 0 Å². The summed E-state index contributed by atoms with van der Waals surface area (Å²) in [5.41, 5.74) is 6.21. The molecule has 1 saturated heterocycles. The third-order valence-electron chi connectivity index (χ3n) is 3.63. The maximum Gasteiger partial charge on any atom is 0.315 e. The topological polar surface area (TPSA) is 97.3 Å². The Hall–Kier alpha value is -1.79. The van der Waals surface area contributed by atoms with Gasteiger partial charge in [-0.3, -0.25) is 15.7 Å². The van der Waals surface area contributed by atoms with Crippen molar-refractivity contribution in [3.8, 4) is 0 Å². The highest BCUT2D eigenvalue weighted by atomic mass is 35.5. The lowest BCUT2D eigenvalue weighted by Gasteiger charge is -2.30. The van der Waals surface area contributed by atoms with Crippen LogP contribution in [0.4, 0.5) is 4.79 Å². The van der Waals surface area contributed by atoms with Crippen LogP contribution in [0.15, 0.2) is 24.3 Å². The van der Waals surface area contributed by atoms with E-state index < -0.39 is 12.1 Å². The third-order valence-corrected chi connectivity index (χ3v) is 4.09. The van der Waals surface area contributed by atoms with Crippen molar-refractivity contribution in [3.63, 3.8) is 0 Å². The van der Waals surface area contributed by atoms with Gasteiger partial charge < -0.3 is 10.6 Å².